The van der Waals surface area contributed by atoms with Crippen molar-refractivity contribution in [2.45, 2.75) is 19.4 Å². The van der Waals surface area contributed by atoms with Gasteiger partial charge in [0, 0.05) is 9.50 Å². The van der Waals surface area contributed by atoms with Crippen LogP contribution in [0.15, 0.2) is 16.6 Å². The van der Waals surface area contributed by atoms with Gasteiger partial charge in [0.15, 0.2) is 0 Å². The van der Waals surface area contributed by atoms with E-state index in [1.165, 1.54) is 0 Å². The molecule has 0 fully saturated rings. The average Bonchev–Trinajstić information content (AvgIpc) is 2.11. The molecule has 1 aromatic rings. The highest BCUT2D eigenvalue weighted by Crippen LogP contribution is 2.30. The van der Waals surface area contributed by atoms with Crippen molar-refractivity contribution in [2.75, 3.05) is 6.54 Å². The first kappa shape index (κ1) is 12.0. The quantitative estimate of drug-likeness (QED) is 0.893. The van der Waals surface area contributed by atoms with Gasteiger partial charge in [-0.3, -0.25) is 0 Å². The Morgan fingerprint density at radius 1 is 1.57 bits per heavy atom. The zero-order valence-electron chi connectivity index (χ0n) is 7.93. The van der Waals surface area contributed by atoms with Crippen LogP contribution in [0, 0.1) is 6.92 Å². The summed E-state index contributed by atoms with van der Waals surface area (Å²) in [7, 11) is 0. The summed E-state index contributed by atoms with van der Waals surface area (Å²) in [5, 5.41) is 10.4. The summed E-state index contributed by atoms with van der Waals surface area (Å²) >= 11 is 9.36. The monoisotopic (exact) mass is 277 g/mol. The summed E-state index contributed by atoms with van der Waals surface area (Å²) in [5.74, 6) is 0. The van der Waals surface area contributed by atoms with Crippen LogP contribution >= 0.6 is 27.5 Å². The van der Waals surface area contributed by atoms with E-state index in [9.17, 15) is 5.11 Å². The molecule has 0 heterocycles. The van der Waals surface area contributed by atoms with Crippen LogP contribution in [-0.2, 0) is 0 Å². The van der Waals surface area contributed by atoms with E-state index in [0.29, 0.717) is 18.0 Å². The standard InChI is InChI=1S/C10H13BrClNO/c1-6-4-8(11)7(5-9(6)12)10(14)2-3-13/h4-5,10,14H,2-3,13H2,1H3. The lowest BCUT2D eigenvalue weighted by Gasteiger charge is -2.13. The minimum absolute atomic E-state index is 0.457. The van der Waals surface area contributed by atoms with Gasteiger partial charge in [0.25, 0.3) is 0 Å². The van der Waals surface area contributed by atoms with Gasteiger partial charge >= 0.3 is 0 Å². The van der Waals surface area contributed by atoms with Crippen molar-refractivity contribution >= 4 is 27.5 Å². The second kappa shape index (κ2) is 5.12. The first-order chi connectivity index (χ1) is 6.56. The Kier molecular flexibility index (Phi) is 4.38. The Balaban J connectivity index is 3.02. The van der Waals surface area contributed by atoms with Crippen LogP contribution in [0.1, 0.15) is 23.7 Å². The first-order valence-electron chi connectivity index (χ1n) is 4.40. The predicted octanol–water partition coefficient (Wildman–Crippen LogP) is 2.79. The molecule has 0 aliphatic carbocycles. The highest BCUT2D eigenvalue weighted by atomic mass is 79.9. The van der Waals surface area contributed by atoms with Crippen LogP contribution in [0.2, 0.25) is 5.02 Å². The lowest BCUT2D eigenvalue weighted by atomic mass is 10.1. The van der Waals surface area contributed by atoms with Crippen LogP contribution in [0.5, 0.6) is 0 Å². The molecule has 0 amide bonds. The highest BCUT2D eigenvalue weighted by molar-refractivity contribution is 9.10. The number of nitrogens with two attached hydrogens (primary N) is 1. The van der Waals surface area contributed by atoms with E-state index in [-0.39, 0.29) is 0 Å². The smallest absolute Gasteiger partial charge is 0.0813 e. The van der Waals surface area contributed by atoms with E-state index < -0.39 is 6.10 Å². The number of aliphatic hydroxyl groups excluding tert-OH is 1. The molecule has 2 nitrogen and oxygen atoms in total. The van der Waals surface area contributed by atoms with Gasteiger partial charge in [-0.05, 0) is 43.1 Å². The molecular weight excluding hydrogens is 265 g/mol. The minimum atomic E-state index is -0.549. The molecular formula is C10H13BrClNO. The van der Waals surface area contributed by atoms with Gasteiger partial charge in [0.2, 0.25) is 0 Å². The van der Waals surface area contributed by atoms with E-state index in [0.717, 1.165) is 15.6 Å². The zero-order valence-corrected chi connectivity index (χ0v) is 10.3. The normalized spacial score (nSPS) is 12.9. The maximum Gasteiger partial charge on any atom is 0.0813 e. The number of aryl methyl sites for hydroxylation is 1. The van der Waals surface area contributed by atoms with E-state index in [2.05, 4.69) is 15.9 Å². The van der Waals surface area contributed by atoms with E-state index in [1.54, 1.807) is 6.07 Å². The third kappa shape index (κ3) is 2.70. The van der Waals surface area contributed by atoms with Crippen molar-refractivity contribution in [2.24, 2.45) is 5.73 Å². The highest BCUT2D eigenvalue weighted by Gasteiger charge is 2.12. The van der Waals surface area contributed by atoms with Crippen LogP contribution < -0.4 is 5.73 Å². The summed E-state index contributed by atoms with van der Waals surface area (Å²) in [6.07, 6.45) is -0.00896. The molecule has 0 aromatic heterocycles. The fourth-order valence-electron chi connectivity index (χ4n) is 1.23. The molecule has 0 bridgehead atoms. The largest absolute Gasteiger partial charge is 0.388 e. The minimum Gasteiger partial charge on any atom is -0.388 e. The Labute approximate surface area is 97.2 Å². The van der Waals surface area contributed by atoms with Crippen molar-refractivity contribution < 1.29 is 5.11 Å². The molecule has 1 unspecified atom stereocenters. The third-order valence-corrected chi connectivity index (χ3v) is 3.17. The third-order valence-electron chi connectivity index (χ3n) is 2.08. The number of benzene rings is 1. The SMILES string of the molecule is Cc1cc(Br)c(C(O)CCN)cc1Cl. The van der Waals surface area contributed by atoms with Gasteiger partial charge < -0.3 is 10.8 Å². The van der Waals surface area contributed by atoms with Crippen LogP contribution in [0.4, 0.5) is 0 Å². The molecule has 1 rings (SSSR count). The maximum atomic E-state index is 9.75. The van der Waals surface area contributed by atoms with Gasteiger partial charge in [0.1, 0.15) is 0 Å². The Morgan fingerprint density at radius 3 is 2.79 bits per heavy atom. The van der Waals surface area contributed by atoms with Crippen LogP contribution in [-0.4, -0.2) is 11.7 Å². The Bertz CT molecular complexity index is 330. The number of aliphatic hydroxyl groups is 1. The molecule has 1 aromatic carbocycles. The molecule has 0 aliphatic rings. The Morgan fingerprint density at radius 2 is 2.21 bits per heavy atom. The van der Waals surface area contributed by atoms with E-state index in [4.69, 9.17) is 17.3 Å². The molecule has 78 valence electrons. The summed E-state index contributed by atoms with van der Waals surface area (Å²) in [4.78, 5) is 0. The van der Waals surface area contributed by atoms with Gasteiger partial charge in [-0.15, -0.1) is 0 Å². The molecule has 0 aliphatic heterocycles. The van der Waals surface area contributed by atoms with E-state index in [1.807, 2.05) is 13.0 Å². The maximum absolute atomic E-state index is 9.75. The first-order valence-corrected chi connectivity index (χ1v) is 5.57. The van der Waals surface area contributed by atoms with Gasteiger partial charge in [-0.2, -0.15) is 0 Å². The lowest BCUT2D eigenvalue weighted by molar-refractivity contribution is 0.169. The topological polar surface area (TPSA) is 46.2 Å². The molecule has 0 saturated heterocycles. The van der Waals surface area contributed by atoms with Gasteiger partial charge in [0.05, 0.1) is 6.10 Å². The molecule has 0 spiro atoms. The summed E-state index contributed by atoms with van der Waals surface area (Å²) < 4.78 is 0.875. The van der Waals surface area contributed by atoms with Crippen molar-refractivity contribution in [3.8, 4) is 0 Å². The number of rotatable bonds is 3. The second-order valence-electron chi connectivity index (χ2n) is 3.22. The number of hydrogen-bond acceptors (Lipinski definition) is 2. The molecule has 4 heteroatoms. The second-order valence-corrected chi connectivity index (χ2v) is 4.48. The fourth-order valence-corrected chi connectivity index (χ4v) is 2.12. The Hall–Kier alpha value is -0.0900. The molecule has 1 atom stereocenters. The van der Waals surface area contributed by atoms with Crippen LogP contribution in [0.25, 0.3) is 0 Å². The number of halogens is 2. The molecule has 0 radical (unpaired) electrons. The van der Waals surface area contributed by atoms with E-state index >= 15 is 0 Å². The lowest BCUT2D eigenvalue weighted by Crippen LogP contribution is -2.07. The molecule has 14 heavy (non-hydrogen) atoms. The number of hydrogen-bond donors (Lipinski definition) is 2. The van der Waals surface area contributed by atoms with Gasteiger partial charge in [-0.1, -0.05) is 27.5 Å². The predicted molar refractivity (Wildman–Crippen MR) is 62.5 cm³/mol. The molecule has 3 N–H and O–H groups in total. The average molecular weight is 279 g/mol. The van der Waals surface area contributed by atoms with Gasteiger partial charge in [-0.25, -0.2) is 0 Å². The van der Waals surface area contributed by atoms with Crippen molar-refractivity contribution in [1.82, 2.24) is 0 Å². The van der Waals surface area contributed by atoms with Crippen LogP contribution in [0.3, 0.4) is 0 Å². The van der Waals surface area contributed by atoms with Crippen molar-refractivity contribution in [3.05, 3.63) is 32.8 Å². The van der Waals surface area contributed by atoms with Crippen molar-refractivity contribution in [3.63, 3.8) is 0 Å². The fraction of sp³-hybridized carbons (Fsp3) is 0.400. The van der Waals surface area contributed by atoms with Crippen molar-refractivity contribution in [1.29, 1.82) is 0 Å². The summed E-state index contributed by atoms with van der Waals surface area (Å²) in [5.41, 5.74) is 7.16. The summed E-state index contributed by atoms with van der Waals surface area (Å²) in [6.45, 7) is 2.38. The molecule has 0 saturated carbocycles. The zero-order chi connectivity index (χ0) is 10.7. The summed E-state index contributed by atoms with van der Waals surface area (Å²) in [6, 6.07) is 3.68.